The predicted molar refractivity (Wildman–Crippen MR) is 74.7 cm³/mol. The minimum absolute atomic E-state index is 0.114. The number of carbonyl (C=O) groups excluding carboxylic acids is 2. The highest BCUT2D eigenvalue weighted by atomic mass is 16.5. The van der Waals surface area contributed by atoms with Gasteiger partial charge in [-0.1, -0.05) is 45.4 Å². The molecule has 0 aromatic carbocycles. The first-order valence-corrected chi connectivity index (χ1v) is 7.23. The summed E-state index contributed by atoms with van der Waals surface area (Å²) in [5, 5.41) is 0. The van der Waals surface area contributed by atoms with Crippen LogP contribution in [0.1, 0.15) is 64.7 Å². The Labute approximate surface area is 116 Å². The molecular formula is C15H28O4. The number of rotatable bonds is 11. The molecule has 0 N–H and O–H groups in total. The van der Waals surface area contributed by atoms with Crippen molar-refractivity contribution in [2.24, 2.45) is 5.92 Å². The van der Waals surface area contributed by atoms with Gasteiger partial charge in [0.05, 0.1) is 14.2 Å². The number of unbranched alkanes of at least 4 members (excludes halogenated alkanes) is 5. The van der Waals surface area contributed by atoms with E-state index in [9.17, 15) is 9.59 Å². The first kappa shape index (κ1) is 17.9. The van der Waals surface area contributed by atoms with Crippen LogP contribution < -0.4 is 0 Å². The molecule has 0 radical (unpaired) electrons. The van der Waals surface area contributed by atoms with Crippen LogP contribution in [0.2, 0.25) is 0 Å². The van der Waals surface area contributed by atoms with Crippen molar-refractivity contribution in [1.29, 1.82) is 0 Å². The van der Waals surface area contributed by atoms with Gasteiger partial charge in [-0.15, -0.1) is 0 Å². The van der Waals surface area contributed by atoms with Crippen molar-refractivity contribution in [2.75, 3.05) is 14.2 Å². The van der Waals surface area contributed by atoms with E-state index in [0.29, 0.717) is 18.8 Å². The summed E-state index contributed by atoms with van der Waals surface area (Å²) >= 11 is 0. The highest BCUT2D eigenvalue weighted by Crippen LogP contribution is 2.15. The molecule has 1 atom stereocenters. The summed E-state index contributed by atoms with van der Waals surface area (Å²) in [6.07, 6.45) is 8.88. The molecule has 0 heterocycles. The van der Waals surface area contributed by atoms with E-state index in [1.165, 1.54) is 33.5 Å². The molecule has 19 heavy (non-hydrogen) atoms. The van der Waals surface area contributed by atoms with Crippen LogP contribution in [0.5, 0.6) is 0 Å². The maximum Gasteiger partial charge on any atom is 0.305 e. The summed E-state index contributed by atoms with van der Waals surface area (Å²) in [6, 6.07) is 0. The van der Waals surface area contributed by atoms with Crippen molar-refractivity contribution in [1.82, 2.24) is 0 Å². The SMILES string of the molecule is COC(=O)CCCCCCCCC(C)CC(=O)OC. The lowest BCUT2D eigenvalue weighted by Crippen LogP contribution is -2.06. The number of methoxy groups -OCH3 is 2. The first-order valence-electron chi connectivity index (χ1n) is 7.23. The van der Waals surface area contributed by atoms with Gasteiger partial charge >= 0.3 is 11.9 Å². The van der Waals surface area contributed by atoms with Crippen LogP contribution >= 0.6 is 0 Å². The highest BCUT2D eigenvalue weighted by molar-refractivity contribution is 5.69. The monoisotopic (exact) mass is 272 g/mol. The molecule has 0 amide bonds. The number of ether oxygens (including phenoxy) is 2. The van der Waals surface area contributed by atoms with Crippen molar-refractivity contribution in [3.05, 3.63) is 0 Å². The third kappa shape index (κ3) is 11.7. The van der Waals surface area contributed by atoms with Gasteiger partial charge in [-0.05, 0) is 12.3 Å². The largest absolute Gasteiger partial charge is 0.469 e. The minimum Gasteiger partial charge on any atom is -0.469 e. The molecule has 0 aliphatic heterocycles. The fourth-order valence-electron chi connectivity index (χ4n) is 2.04. The van der Waals surface area contributed by atoms with Crippen molar-refractivity contribution in [3.8, 4) is 0 Å². The third-order valence-electron chi connectivity index (χ3n) is 3.30. The van der Waals surface area contributed by atoms with Gasteiger partial charge in [0.2, 0.25) is 0 Å². The van der Waals surface area contributed by atoms with Crippen LogP contribution in [-0.2, 0) is 19.1 Å². The lowest BCUT2D eigenvalue weighted by atomic mass is 9.99. The molecule has 0 aromatic rings. The second-order valence-corrected chi connectivity index (χ2v) is 5.12. The molecule has 4 nitrogen and oxygen atoms in total. The van der Waals surface area contributed by atoms with Gasteiger partial charge in [-0.2, -0.15) is 0 Å². The number of esters is 2. The molecule has 0 aliphatic rings. The molecule has 0 aromatic heterocycles. The second-order valence-electron chi connectivity index (χ2n) is 5.12. The Morgan fingerprint density at radius 1 is 0.842 bits per heavy atom. The molecule has 0 fully saturated rings. The molecule has 1 unspecified atom stereocenters. The third-order valence-corrected chi connectivity index (χ3v) is 3.30. The highest BCUT2D eigenvalue weighted by Gasteiger charge is 2.08. The van der Waals surface area contributed by atoms with Crippen LogP contribution in [0, 0.1) is 5.92 Å². The molecular weight excluding hydrogens is 244 g/mol. The Balaban J connectivity index is 3.26. The van der Waals surface area contributed by atoms with Crippen molar-refractivity contribution < 1.29 is 19.1 Å². The van der Waals surface area contributed by atoms with Gasteiger partial charge in [0, 0.05) is 12.8 Å². The molecule has 4 heteroatoms. The standard InChI is InChI=1S/C15H28O4/c1-13(12-15(17)19-3)10-8-6-4-5-7-9-11-14(16)18-2/h13H,4-12H2,1-3H3. The van der Waals surface area contributed by atoms with E-state index in [1.54, 1.807) is 0 Å². The smallest absolute Gasteiger partial charge is 0.305 e. The molecule has 0 rings (SSSR count). The molecule has 112 valence electrons. The van der Waals surface area contributed by atoms with E-state index in [1.807, 2.05) is 0 Å². The number of hydrogen-bond acceptors (Lipinski definition) is 4. The van der Waals surface area contributed by atoms with E-state index < -0.39 is 0 Å². The van der Waals surface area contributed by atoms with Crippen LogP contribution in [0.25, 0.3) is 0 Å². The normalized spacial score (nSPS) is 11.9. The van der Waals surface area contributed by atoms with Crippen LogP contribution in [0.15, 0.2) is 0 Å². The molecule has 0 bridgehead atoms. The van der Waals surface area contributed by atoms with E-state index in [4.69, 9.17) is 0 Å². The van der Waals surface area contributed by atoms with Gasteiger partial charge in [-0.3, -0.25) is 9.59 Å². The Morgan fingerprint density at radius 3 is 1.95 bits per heavy atom. The van der Waals surface area contributed by atoms with Crippen molar-refractivity contribution in [2.45, 2.75) is 64.7 Å². The zero-order chi connectivity index (χ0) is 14.5. The Bertz CT molecular complexity index is 251. The number of carbonyl (C=O) groups is 2. The average Bonchev–Trinajstić information content (AvgIpc) is 2.41. The zero-order valence-electron chi connectivity index (χ0n) is 12.6. The fraction of sp³-hybridized carbons (Fsp3) is 0.867. The van der Waals surface area contributed by atoms with E-state index in [2.05, 4.69) is 16.4 Å². The van der Waals surface area contributed by atoms with Crippen molar-refractivity contribution in [3.63, 3.8) is 0 Å². The lowest BCUT2D eigenvalue weighted by molar-refractivity contribution is -0.142. The molecule has 0 saturated heterocycles. The van der Waals surface area contributed by atoms with E-state index >= 15 is 0 Å². The summed E-state index contributed by atoms with van der Waals surface area (Å²) < 4.78 is 9.23. The topological polar surface area (TPSA) is 52.6 Å². The lowest BCUT2D eigenvalue weighted by Gasteiger charge is -2.09. The van der Waals surface area contributed by atoms with Crippen LogP contribution in [0.3, 0.4) is 0 Å². The Morgan fingerprint density at radius 2 is 1.37 bits per heavy atom. The zero-order valence-corrected chi connectivity index (χ0v) is 12.6. The molecule has 0 saturated carbocycles. The Kier molecular flexibility index (Phi) is 11.3. The maximum absolute atomic E-state index is 11.0. The summed E-state index contributed by atoms with van der Waals surface area (Å²) in [5.74, 6) is 0.179. The van der Waals surface area contributed by atoms with Gasteiger partial charge < -0.3 is 9.47 Å². The Hall–Kier alpha value is -1.06. The minimum atomic E-state index is -0.115. The summed E-state index contributed by atoms with van der Waals surface area (Å²) in [7, 11) is 2.86. The number of hydrogen-bond donors (Lipinski definition) is 0. The van der Waals surface area contributed by atoms with E-state index in [0.717, 1.165) is 25.7 Å². The van der Waals surface area contributed by atoms with Crippen molar-refractivity contribution >= 4 is 11.9 Å². The maximum atomic E-state index is 11.0. The molecule has 0 aliphatic carbocycles. The van der Waals surface area contributed by atoms with Gasteiger partial charge in [0.15, 0.2) is 0 Å². The summed E-state index contributed by atoms with van der Waals surface area (Å²) in [4.78, 5) is 21.9. The van der Waals surface area contributed by atoms with Crippen LogP contribution in [0.4, 0.5) is 0 Å². The van der Waals surface area contributed by atoms with Gasteiger partial charge in [-0.25, -0.2) is 0 Å². The van der Waals surface area contributed by atoms with Gasteiger partial charge in [0.1, 0.15) is 0 Å². The average molecular weight is 272 g/mol. The van der Waals surface area contributed by atoms with Gasteiger partial charge in [0.25, 0.3) is 0 Å². The quantitative estimate of drug-likeness (QED) is 0.427. The summed E-state index contributed by atoms with van der Waals surface area (Å²) in [6.45, 7) is 2.09. The molecule has 0 spiro atoms. The predicted octanol–water partition coefficient (Wildman–Crippen LogP) is 3.48. The summed E-state index contributed by atoms with van der Waals surface area (Å²) in [5.41, 5.74) is 0. The van der Waals surface area contributed by atoms with E-state index in [-0.39, 0.29) is 11.9 Å². The van der Waals surface area contributed by atoms with Crippen LogP contribution in [-0.4, -0.2) is 26.2 Å². The second kappa shape index (κ2) is 12.0. The first-order chi connectivity index (χ1) is 9.10. The fourth-order valence-corrected chi connectivity index (χ4v) is 2.04.